The quantitative estimate of drug-likeness (QED) is 0.478. The van der Waals surface area contributed by atoms with E-state index in [1.807, 2.05) is 12.1 Å². The van der Waals surface area contributed by atoms with Crippen molar-refractivity contribution in [2.45, 2.75) is 18.5 Å². The van der Waals surface area contributed by atoms with Crippen LogP contribution in [-0.4, -0.2) is 11.3 Å². The first-order valence-electron chi connectivity index (χ1n) is 7.36. The highest BCUT2D eigenvalue weighted by Gasteiger charge is 2.40. The second-order valence-corrected chi connectivity index (χ2v) is 7.74. The number of hydrogen-bond acceptors (Lipinski definition) is 2. The van der Waals surface area contributed by atoms with E-state index < -0.39 is 18.9 Å². The molecule has 0 heterocycles. The van der Waals surface area contributed by atoms with Gasteiger partial charge in [-0.1, -0.05) is 60.7 Å². The average molecular weight is 388 g/mol. The van der Waals surface area contributed by atoms with Gasteiger partial charge in [0.15, 0.2) is 0 Å². The average Bonchev–Trinajstić information content (AvgIpc) is 2.59. The van der Waals surface area contributed by atoms with Crippen LogP contribution in [0.4, 0.5) is 8.78 Å². The molecule has 0 aliphatic rings. The molecule has 134 valence electrons. The van der Waals surface area contributed by atoms with Crippen molar-refractivity contribution < 1.29 is 18.1 Å². The molecule has 2 rings (SSSR count). The summed E-state index contributed by atoms with van der Waals surface area (Å²) in [4.78, 5) is 11.5. The van der Waals surface area contributed by atoms with Crippen molar-refractivity contribution in [3.05, 3.63) is 71.8 Å². The first-order valence-corrected chi connectivity index (χ1v) is 9.44. The number of halogens is 3. The van der Waals surface area contributed by atoms with Crippen molar-refractivity contribution in [2.24, 2.45) is 0 Å². The van der Waals surface area contributed by atoms with Crippen molar-refractivity contribution in [1.82, 2.24) is 15.3 Å². The molecule has 0 saturated carbocycles. The summed E-state index contributed by atoms with van der Waals surface area (Å²) in [6, 6.07) is 17.8. The molecule has 0 aliphatic heterocycles. The summed E-state index contributed by atoms with van der Waals surface area (Å²) in [7, 11) is -3.87. The van der Waals surface area contributed by atoms with E-state index in [2.05, 4.69) is 10.2 Å². The number of nitrogens with one attached hydrogen (secondary N) is 3. The Labute approximate surface area is 149 Å². The van der Waals surface area contributed by atoms with Gasteiger partial charge in [-0.3, -0.25) is 14.4 Å². The zero-order valence-electron chi connectivity index (χ0n) is 13.1. The molecule has 25 heavy (non-hydrogen) atoms. The Morgan fingerprint density at radius 1 is 0.920 bits per heavy atom. The minimum atomic E-state index is -4.15. The third-order valence-corrected chi connectivity index (χ3v) is 5.11. The van der Waals surface area contributed by atoms with Crippen LogP contribution in [0, 0.1) is 0 Å². The number of benzene rings is 2. The van der Waals surface area contributed by atoms with Crippen molar-refractivity contribution in [1.29, 1.82) is 0 Å². The maximum Gasteiger partial charge on any atom is 0.400 e. The van der Waals surface area contributed by atoms with Crippen LogP contribution in [0.5, 0.6) is 0 Å². The van der Waals surface area contributed by atoms with E-state index in [9.17, 15) is 18.1 Å². The lowest BCUT2D eigenvalue weighted by Crippen LogP contribution is -2.41. The van der Waals surface area contributed by atoms with Gasteiger partial charge in [-0.25, -0.2) is 10.2 Å². The van der Waals surface area contributed by atoms with Gasteiger partial charge < -0.3 is 0 Å². The van der Waals surface area contributed by atoms with Gasteiger partial charge in [0.2, 0.25) is 0 Å². The standard InChI is InChI=1S/C16H17ClF2N3O2P/c17-16(18,19)15(23)22-25(24,20-11-13-7-3-1-4-8-13)21-12-14-9-5-2-6-10-14/h1-10H,11-12H2,(H3,20,21,22,23,24). The van der Waals surface area contributed by atoms with Gasteiger partial charge in [0.25, 0.3) is 0 Å². The summed E-state index contributed by atoms with van der Waals surface area (Å²) < 4.78 is 38.8. The van der Waals surface area contributed by atoms with Crippen molar-refractivity contribution in [2.75, 3.05) is 0 Å². The Kier molecular flexibility index (Phi) is 6.67. The maximum atomic E-state index is 12.9. The Hall–Kier alpha value is -1.79. The van der Waals surface area contributed by atoms with Gasteiger partial charge in [0, 0.05) is 13.1 Å². The van der Waals surface area contributed by atoms with Crippen LogP contribution in [0.1, 0.15) is 11.1 Å². The molecule has 0 bridgehead atoms. The fourth-order valence-electron chi connectivity index (χ4n) is 1.94. The Balaban J connectivity index is 2.09. The van der Waals surface area contributed by atoms with Gasteiger partial charge in [-0.05, 0) is 22.7 Å². The fraction of sp³-hybridized carbons (Fsp3) is 0.188. The van der Waals surface area contributed by atoms with Crippen LogP contribution >= 0.6 is 19.2 Å². The van der Waals surface area contributed by atoms with Gasteiger partial charge in [-0.15, -0.1) is 0 Å². The molecule has 2 aromatic carbocycles. The summed E-state index contributed by atoms with van der Waals surface area (Å²) in [5.41, 5.74) is 1.55. The second kappa shape index (κ2) is 8.54. The first kappa shape index (κ1) is 19.5. The maximum absolute atomic E-state index is 12.9. The molecule has 0 aliphatic carbocycles. The minimum absolute atomic E-state index is 0.105. The number of carbonyl (C=O) groups excluding carboxylic acids is 1. The zero-order valence-corrected chi connectivity index (χ0v) is 14.7. The van der Waals surface area contributed by atoms with Crippen LogP contribution in [0.2, 0.25) is 0 Å². The number of amides is 1. The van der Waals surface area contributed by atoms with E-state index in [0.717, 1.165) is 11.1 Å². The van der Waals surface area contributed by atoms with Crippen molar-refractivity contribution in [3.8, 4) is 0 Å². The SMILES string of the molecule is O=C(NP(=O)(NCc1ccccc1)NCc1ccccc1)C(F)(F)Cl. The zero-order chi connectivity index (χ0) is 18.3. The normalized spacial score (nSPS) is 12.0. The lowest BCUT2D eigenvalue weighted by molar-refractivity contribution is -0.133. The number of alkyl halides is 3. The molecule has 9 heteroatoms. The number of carbonyl (C=O) groups is 1. The Morgan fingerprint density at radius 2 is 1.32 bits per heavy atom. The van der Waals surface area contributed by atoms with E-state index in [1.165, 1.54) is 0 Å². The lowest BCUT2D eigenvalue weighted by Gasteiger charge is -2.22. The third kappa shape index (κ3) is 6.55. The number of hydrogen-bond donors (Lipinski definition) is 3. The molecule has 0 aromatic heterocycles. The highest BCUT2D eigenvalue weighted by molar-refractivity contribution is 7.58. The largest absolute Gasteiger partial charge is 0.400 e. The van der Waals surface area contributed by atoms with E-state index in [-0.39, 0.29) is 13.1 Å². The second-order valence-electron chi connectivity index (χ2n) is 5.19. The Bertz CT molecular complexity index is 695. The molecular formula is C16H17ClF2N3O2P. The fourth-order valence-corrected chi connectivity index (χ4v) is 3.56. The van der Waals surface area contributed by atoms with E-state index in [1.54, 1.807) is 53.6 Å². The van der Waals surface area contributed by atoms with Crippen LogP contribution < -0.4 is 15.3 Å². The summed E-state index contributed by atoms with van der Waals surface area (Å²) >= 11 is 4.70. The molecular weight excluding hydrogens is 371 g/mol. The van der Waals surface area contributed by atoms with Gasteiger partial charge in [0.05, 0.1) is 0 Å². The highest BCUT2D eigenvalue weighted by Crippen LogP contribution is 2.34. The van der Waals surface area contributed by atoms with Gasteiger partial charge in [-0.2, -0.15) is 8.78 Å². The summed E-state index contributed by atoms with van der Waals surface area (Å²) in [6.07, 6.45) is 0. The molecule has 0 saturated heterocycles. The topological polar surface area (TPSA) is 70.2 Å². The summed E-state index contributed by atoms with van der Waals surface area (Å²) in [6.45, 7) is 0.210. The third-order valence-electron chi connectivity index (χ3n) is 3.21. The molecule has 0 atom stereocenters. The van der Waals surface area contributed by atoms with Crippen LogP contribution in [-0.2, 0) is 22.4 Å². The monoisotopic (exact) mass is 387 g/mol. The first-order chi connectivity index (χ1) is 11.8. The van der Waals surface area contributed by atoms with Crippen LogP contribution in [0.15, 0.2) is 60.7 Å². The van der Waals surface area contributed by atoms with Crippen molar-refractivity contribution in [3.63, 3.8) is 0 Å². The molecule has 0 fully saturated rings. The van der Waals surface area contributed by atoms with Gasteiger partial charge in [0.1, 0.15) is 0 Å². The molecule has 2 aromatic rings. The lowest BCUT2D eigenvalue weighted by atomic mass is 10.2. The molecule has 0 spiro atoms. The molecule has 3 N–H and O–H groups in total. The van der Waals surface area contributed by atoms with Crippen LogP contribution in [0.3, 0.4) is 0 Å². The number of rotatable bonds is 8. The molecule has 0 unspecified atom stereocenters. The summed E-state index contributed by atoms with van der Waals surface area (Å²) in [5, 5.41) is 2.84. The van der Waals surface area contributed by atoms with E-state index in [4.69, 9.17) is 11.6 Å². The van der Waals surface area contributed by atoms with Gasteiger partial charge >= 0.3 is 18.9 Å². The minimum Gasteiger partial charge on any atom is -0.277 e. The Morgan fingerprint density at radius 3 is 1.68 bits per heavy atom. The predicted octanol–water partition coefficient (Wildman–Crippen LogP) is 3.62. The highest BCUT2D eigenvalue weighted by atomic mass is 35.5. The van der Waals surface area contributed by atoms with Crippen molar-refractivity contribution >= 4 is 25.1 Å². The smallest absolute Gasteiger partial charge is 0.277 e. The van der Waals surface area contributed by atoms with E-state index in [0.29, 0.717) is 0 Å². The van der Waals surface area contributed by atoms with Crippen LogP contribution in [0.25, 0.3) is 0 Å². The molecule has 1 amide bonds. The van der Waals surface area contributed by atoms with E-state index >= 15 is 0 Å². The predicted molar refractivity (Wildman–Crippen MR) is 93.1 cm³/mol. The summed E-state index contributed by atoms with van der Waals surface area (Å²) in [5.74, 6) is -1.83. The molecule has 0 radical (unpaired) electrons. The molecule has 5 nitrogen and oxygen atoms in total.